The van der Waals surface area contributed by atoms with Crippen LogP contribution in [0.5, 0.6) is 0 Å². The van der Waals surface area contributed by atoms with E-state index < -0.39 is 0 Å². The summed E-state index contributed by atoms with van der Waals surface area (Å²) in [6, 6.07) is 7.38. The van der Waals surface area contributed by atoms with Crippen LogP contribution in [-0.2, 0) is 0 Å². The van der Waals surface area contributed by atoms with Gasteiger partial charge in [-0.25, -0.2) is 0 Å². The minimum Gasteiger partial charge on any atom is -0.314 e. The van der Waals surface area contributed by atoms with E-state index in [2.05, 4.69) is 22.8 Å². The summed E-state index contributed by atoms with van der Waals surface area (Å²) in [5.74, 6) is 1.20. The molecular formula is C12H15ClN2S. The van der Waals surface area contributed by atoms with Crippen LogP contribution in [0.3, 0.4) is 0 Å². The zero-order valence-electron chi connectivity index (χ0n) is 9.00. The molecule has 1 aromatic carbocycles. The lowest BCUT2D eigenvalue weighted by atomic mass is 10.0. The Morgan fingerprint density at radius 1 is 1.38 bits per heavy atom. The molecule has 1 atom stereocenters. The first-order valence-corrected chi connectivity index (χ1v) is 7.08. The van der Waals surface area contributed by atoms with Crippen LogP contribution in [0.2, 0.25) is 5.02 Å². The maximum absolute atomic E-state index is 6.08. The molecule has 4 heteroatoms. The summed E-state index contributed by atoms with van der Waals surface area (Å²) in [5, 5.41) is 7.84. The summed E-state index contributed by atoms with van der Waals surface area (Å²) in [6.45, 7) is 2.19. The number of hydrogen-bond donors (Lipinski definition) is 2. The van der Waals surface area contributed by atoms with Crippen molar-refractivity contribution >= 4 is 23.4 Å². The molecule has 0 radical (unpaired) electrons. The maximum Gasteiger partial charge on any atom is 0.0410 e. The molecule has 1 unspecified atom stereocenters. The molecule has 16 heavy (non-hydrogen) atoms. The average Bonchev–Trinajstić information content (AvgIpc) is 2.23. The van der Waals surface area contributed by atoms with Gasteiger partial charge in [-0.3, -0.25) is 0 Å². The van der Waals surface area contributed by atoms with Crippen LogP contribution >= 0.6 is 23.4 Å². The Kier molecular flexibility index (Phi) is 3.11. The Labute approximate surface area is 105 Å². The third-order valence-corrected chi connectivity index (χ3v) is 4.59. The molecule has 0 saturated carbocycles. The molecule has 0 spiro atoms. The largest absolute Gasteiger partial charge is 0.314 e. The molecular weight excluding hydrogens is 240 g/mol. The van der Waals surface area contributed by atoms with E-state index in [-0.39, 0.29) is 0 Å². The van der Waals surface area contributed by atoms with Crippen molar-refractivity contribution in [2.75, 3.05) is 18.8 Å². The van der Waals surface area contributed by atoms with Crippen LogP contribution in [0.25, 0.3) is 0 Å². The van der Waals surface area contributed by atoms with Crippen LogP contribution in [0.4, 0.5) is 0 Å². The van der Waals surface area contributed by atoms with Gasteiger partial charge in [-0.05, 0) is 35.9 Å². The summed E-state index contributed by atoms with van der Waals surface area (Å²) in [5.41, 5.74) is 1.38. The number of thioether (sulfide) groups is 1. The van der Waals surface area contributed by atoms with Crippen molar-refractivity contribution in [3.8, 4) is 0 Å². The summed E-state index contributed by atoms with van der Waals surface area (Å²) in [4.78, 5) is 1.39. The highest BCUT2D eigenvalue weighted by Crippen LogP contribution is 2.37. The number of hydrogen-bond acceptors (Lipinski definition) is 3. The highest BCUT2D eigenvalue weighted by Gasteiger charge is 2.25. The van der Waals surface area contributed by atoms with E-state index in [1.54, 1.807) is 0 Å². The minimum absolute atomic E-state index is 0.488. The lowest BCUT2D eigenvalue weighted by molar-refractivity contribution is 0.323. The quantitative estimate of drug-likeness (QED) is 0.848. The Bertz CT molecular complexity index is 393. The minimum atomic E-state index is 0.488. The normalized spacial score (nSPS) is 24.9. The van der Waals surface area contributed by atoms with Gasteiger partial charge in [0, 0.05) is 35.1 Å². The fraction of sp³-hybridized carbons (Fsp3) is 0.500. The molecule has 0 bridgehead atoms. The monoisotopic (exact) mass is 254 g/mol. The summed E-state index contributed by atoms with van der Waals surface area (Å²) >= 11 is 8.02. The number of benzene rings is 1. The Balaban J connectivity index is 1.83. The molecule has 2 heterocycles. The van der Waals surface area contributed by atoms with Gasteiger partial charge in [0.1, 0.15) is 0 Å². The summed E-state index contributed by atoms with van der Waals surface area (Å²) < 4.78 is 0. The fourth-order valence-corrected chi connectivity index (χ4v) is 3.52. The molecule has 1 saturated heterocycles. The molecule has 0 aromatic heterocycles. The third-order valence-electron chi connectivity index (χ3n) is 3.23. The van der Waals surface area contributed by atoms with Crippen LogP contribution in [0, 0.1) is 0 Å². The van der Waals surface area contributed by atoms with Crippen molar-refractivity contribution in [3.05, 3.63) is 28.8 Å². The predicted octanol–water partition coefficient (Wildman–Crippen LogP) is 2.44. The van der Waals surface area contributed by atoms with Gasteiger partial charge < -0.3 is 10.6 Å². The van der Waals surface area contributed by atoms with E-state index in [1.807, 2.05) is 17.8 Å². The maximum atomic E-state index is 6.08. The second-order valence-corrected chi connectivity index (χ2v) is 5.97. The Hall–Kier alpha value is -0.220. The zero-order chi connectivity index (χ0) is 11.0. The number of nitrogens with one attached hydrogen (secondary N) is 2. The second kappa shape index (κ2) is 4.57. The topological polar surface area (TPSA) is 24.1 Å². The van der Waals surface area contributed by atoms with Crippen LogP contribution in [-0.4, -0.2) is 24.9 Å². The molecule has 86 valence electrons. The molecule has 0 aliphatic carbocycles. The van der Waals surface area contributed by atoms with Gasteiger partial charge >= 0.3 is 0 Å². The highest BCUT2D eigenvalue weighted by molar-refractivity contribution is 7.99. The summed E-state index contributed by atoms with van der Waals surface area (Å²) in [6.07, 6.45) is 1.20. The van der Waals surface area contributed by atoms with Gasteiger partial charge in [0.15, 0.2) is 0 Å². The molecule has 2 N–H and O–H groups in total. The van der Waals surface area contributed by atoms with E-state index in [0.29, 0.717) is 12.1 Å². The average molecular weight is 255 g/mol. The van der Waals surface area contributed by atoms with Gasteiger partial charge in [-0.15, -0.1) is 11.8 Å². The van der Waals surface area contributed by atoms with Crippen molar-refractivity contribution < 1.29 is 0 Å². The van der Waals surface area contributed by atoms with Crippen molar-refractivity contribution in [1.82, 2.24) is 10.6 Å². The van der Waals surface area contributed by atoms with Crippen LogP contribution in [0.1, 0.15) is 18.0 Å². The molecule has 1 fully saturated rings. The number of fused-ring (bicyclic) bond motifs is 1. The fourth-order valence-electron chi connectivity index (χ4n) is 2.23. The lowest BCUT2D eigenvalue weighted by Crippen LogP contribution is -2.56. The molecule has 3 rings (SSSR count). The standard InChI is InChI=1S/C12H15ClN2S/c13-8-1-2-12-10(5-8)11(3-4-16-12)15-9-6-14-7-9/h1-2,5,9,11,14-15H,3-4,6-7H2. The van der Waals surface area contributed by atoms with E-state index in [4.69, 9.17) is 11.6 Å². The van der Waals surface area contributed by atoms with E-state index >= 15 is 0 Å². The van der Waals surface area contributed by atoms with Crippen molar-refractivity contribution in [3.63, 3.8) is 0 Å². The Morgan fingerprint density at radius 2 is 2.25 bits per heavy atom. The van der Waals surface area contributed by atoms with Crippen molar-refractivity contribution in [2.45, 2.75) is 23.4 Å². The van der Waals surface area contributed by atoms with E-state index in [1.165, 1.54) is 22.6 Å². The van der Waals surface area contributed by atoms with Gasteiger partial charge in [0.2, 0.25) is 0 Å². The molecule has 1 aromatic rings. The first-order valence-electron chi connectivity index (χ1n) is 5.72. The molecule has 2 nitrogen and oxygen atoms in total. The van der Waals surface area contributed by atoms with Gasteiger partial charge in [-0.2, -0.15) is 0 Å². The van der Waals surface area contributed by atoms with E-state index in [9.17, 15) is 0 Å². The van der Waals surface area contributed by atoms with Gasteiger partial charge in [0.05, 0.1) is 0 Å². The zero-order valence-corrected chi connectivity index (χ0v) is 10.6. The van der Waals surface area contributed by atoms with Gasteiger partial charge in [0.25, 0.3) is 0 Å². The van der Waals surface area contributed by atoms with Crippen molar-refractivity contribution in [2.24, 2.45) is 0 Å². The van der Waals surface area contributed by atoms with Crippen LogP contribution in [0.15, 0.2) is 23.1 Å². The first-order chi connectivity index (χ1) is 7.83. The third kappa shape index (κ3) is 2.09. The van der Waals surface area contributed by atoms with Gasteiger partial charge in [-0.1, -0.05) is 11.6 Å². The lowest BCUT2D eigenvalue weighted by Gasteiger charge is -2.35. The SMILES string of the molecule is Clc1ccc2c(c1)C(NC1CNC1)CCS2. The van der Waals surface area contributed by atoms with Crippen molar-refractivity contribution in [1.29, 1.82) is 0 Å². The van der Waals surface area contributed by atoms with E-state index in [0.717, 1.165) is 18.1 Å². The van der Waals surface area contributed by atoms with Crippen LogP contribution < -0.4 is 10.6 Å². The molecule has 2 aliphatic rings. The molecule has 2 aliphatic heterocycles. The molecule has 0 amide bonds. The highest BCUT2D eigenvalue weighted by atomic mass is 35.5. The number of rotatable bonds is 2. The smallest absolute Gasteiger partial charge is 0.0410 e. The summed E-state index contributed by atoms with van der Waals surface area (Å²) in [7, 11) is 0. The first kappa shape index (κ1) is 10.9. The predicted molar refractivity (Wildman–Crippen MR) is 69.3 cm³/mol. The second-order valence-electron chi connectivity index (χ2n) is 4.39. The Morgan fingerprint density at radius 3 is 3.00 bits per heavy atom. The number of halogens is 1.